The summed E-state index contributed by atoms with van der Waals surface area (Å²) in [5.74, 6) is -1.34. The second-order valence-electron chi connectivity index (χ2n) is 5.20. The van der Waals surface area contributed by atoms with Gasteiger partial charge in [-0.15, -0.1) is 0 Å². The van der Waals surface area contributed by atoms with E-state index in [0.29, 0.717) is 0 Å². The minimum Gasteiger partial charge on any atom is -0.479 e. The fourth-order valence-corrected chi connectivity index (χ4v) is 2.55. The Labute approximate surface area is 117 Å². The average Bonchev–Trinajstić information content (AvgIpc) is 2.38. The van der Waals surface area contributed by atoms with Crippen molar-refractivity contribution in [3.05, 3.63) is 35.9 Å². The summed E-state index contributed by atoms with van der Waals surface area (Å²) in [5.41, 5.74) is 0.526. The molecule has 1 saturated carbocycles. The van der Waals surface area contributed by atoms with Gasteiger partial charge in [0.1, 0.15) is 0 Å². The van der Waals surface area contributed by atoms with Gasteiger partial charge in [0.15, 0.2) is 6.10 Å². The number of carbonyl (C=O) groups excluding carboxylic acids is 1. The first-order valence-electron chi connectivity index (χ1n) is 6.81. The molecular weight excluding hydrogens is 258 g/mol. The van der Waals surface area contributed by atoms with Gasteiger partial charge in [-0.25, -0.2) is 4.79 Å². The van der Waals surface area contributed by atoms with Crippen LogP contribution in [0.15, 0.2) is 30.3 Å². The Kier molecular flexibility index (Phi) is 4.39. The van der Waals surface area contributed by atoms with E-state index in [9.17, 15) is 14.7 Å². The Bertz CT molecular complexity index is 482. The summed E-state index contributed by atoms with van der Waals surface area (Å²) in [6, 6.07) is 9.64. The average molecular weight is 277 g/mol. The number of aliphatic hydroxyl groups excluding tert-OH is 1. The summed E-state index contributed by atoms with van der Waals surface area (Å²) >= 11 is 0. The van der Waals surface area contributed by atoms with Crippen molar-refractivity contribution < 1.29 is 19.8 Å². The van der Waals surface area contributed by atoms with Crippen molar-refractivity contribution in [2.45, 2.75) is 37.2 Å². The van der Waals surface area contributed by atoms with E-state index >= 15 is 0 Å². The van der Waals surface area contributed by atoms with Gasteiger partial charge in [-0.1, -0.05) is 36.8 Å². The largest absolute Gasteiger partial charge is 0.479 e. The molecule has 0 saturated heterocycles. The lowest BCUT2D eigenvalue weighted by atomic mass is 9.64. The SMILES string of the molecule is O=C(O)C(O)CCNC(=O)C1(c2ccccc2)CCC1. The van der Waals surface area contributed by atoms with Gasteiger partial charge in [-0.05, 0) is 18.4 Å². The normalized spacial score (nSPS) is 17.9. The van der Waals surface area contributed by atoms with Crippen LogP contribution in [0.1, 0.15) is 31.2 Å². The number of benzene rings is 1. The Hall–Kier alpha value is -1.88. The Morgan fingerprint density at radius 1 is 1.25 bits per heavy atom. The molecule has 0 heterocycles. The fourth-order valence-electron chi connectivity index (χ4n) is 2.55. The number of hydrogen-bond donors (Lipinski definition) is 3. The minimum absolute atomic E-state index is 0.0198. The van der Waals surface area contributed by atoms with Crippen LogP contribution in [-0.4, -0.2) is 34.7 Å². The molecule has 108 valence electrons. The van der Waals surface area contributed by atoms with Gasteiger partial charge in [0, 0.05) is 13.0 Å². The van der Waals surface area contributed by atoms with E-state index in [-0.39, 0.29) is 18.9 Å². The summed E-state index contributed by atoms with van der Waals surface area (Å²) in [6.07, 6.45) is 1.23. The molecule has 1 aromatic carbocycles. The molecule has 0 aliphatic heterocycles. The third-order valence-electron chi connectivity index (χ3n) is 3.96. The van der Waals surface area contributed by atoms with Gasteiger partial charge in [0.25, 0.3) is 0 Å². The number of carbonyl (C=O) groups is 2. The van der Waals surface area contributed by atoms with Crippen molar-refractivity contribution in [3.63, 3.8) is 0 Å². The minimum atomic E-state index is -1.43. The Balaban J connectivity index is 1.95. The number of carboxylic acid groups (broad SMARTS) is 1. The van der Waals surface area contributed by atoms with Crippen molar-refractivity contribution in [1.29, 1.82) is 0 Å². The second-order valence-corrected chi connectivity index (χ2v) is 5.20. The van der Waals surface area contributed by atoms with Crippen molar-refractivity contribution in [3.8, 4) is 0 Å². The zero-order valence-corrected chi connectivity index (χ0v) is 11.2. The molecule has 1 fully saturated rings. The highest BCUT2D eigenvalue weighted by molar-refractivity contribution is 5.89. The lowest BCUT2D eigenvalue weighted by molar-refractivity contribution is -0.147. The van der Waals surface area contributed by atoms with Crippen LogP contribution in [-0.2, 0) is 15.0 Å². The molecule has 2 rings (SSSR count). The number of hydrogen-bond acceptors (Lipinski definition) is 3. The van der Waals surface area contributed by atoms with Crippen LogP contribution in [0.2, 0.25) is 0 Å². The van der Waals surface area contributed by atoms with E-state index in [2.05, 4.69) is 5.32 Å². The van der Waals surface area contributed by atoms with E-state index < -0.39 is 17.5 Å². The molecule has 20 heavy (non-hydrogen) atoms. The lowest BCUT2D eigenvalue weighted by Crippen LogP contribution is -2.49. The van der Waals surface area contributed by atoms with Crippen LogP contribution in [0.4, 0.5) is 0 Å². The topological polar surface area (TPSA) is 86.6 Å². The predicted octanol–water partition coefficient (Wildman–Crippen LogP) is 1.06. The molecule has 1 unspecified atom stereocenters. The maximum absolute atomic E-state index is 12.4. The van der Waals surface area contributed by atoms with Gasteiger partial charge in [0.2, 0.25) is 5.91 Å². The number of rotatable bonds is 6. The Morgan fingerprint density at radius 2 is 1.90 bits per heavy atom. The first kappa shape index (κ1) is 14.5. The number of carboxylic acids is 1. The smallest absolute Gasteiger partial charge is 0.332 e. The van der Waals surface area contributed by atoms with Gasteiger partial charge >= 0.3 is 5.97 Å². The highest BCUT2D eigenvalue weighted by atomic mass is 16.4. The highest BCUT2D eigenvalue weighted by Crippen LogP contribution is 2.43. The maximum atomic E-state index is 12.4. The summed E-state index contributed by atoms with van der Waals surface area (Å²) < 4.78 is 0. The van der Waals surface area contributed by atoms with E-state index in [0.717, 1.165) is 24.8 Å². The van der Waals surface area contributed by atoms with E-state index in [4.69, 9.17) is 5.11 Å². The quantitative estimate of drug-likeness (QED) is 0.725. The summed E-state index contributed by atoms with van der Waals surface area (Å²) in [4.78, 5) is 22.9. The number of nitrogens with one attached hydrogen (secondary N) is 1. The zero-order chi connectivity index (χ0) is 14.6. The van der Waals surface area contributed by atoms with Crippen molar-refractivity contribution >= 4 is 11.9 Å². The highest BCUT2D eigenvalue weighted by Gasteiger charge is 2.45. The molecular formula is C15H19NO4. The first-order valence-corrected chi connectivity index (χ1v) is 6.81. The van der Waals surface area contributed by atoms with Crippen LogP contribution in [0.25, 0.3) is 0 Å². The molecule has 3 N–H and O–H groups in total. The molecule has 5 heteroatoms. The van der Waals surface area contributed by atoms with E-state index in [1.54, 1.807) is 0 Å². The standard InChI is InChI=1S/C15H19NO4/c17-12(13(18)19)7-10-16-14(20)15(8-4-9-15)11-5-2-1-3-6-11/h1-3,5-6,12,17H,4,7-10H2,(H,16,20)(H,18,19). The van der Waals surface area contributed by atoms with Crippen LogP contribution in [0, 0.1) is 0 Å². The van der Waals surface area contributed by atoms with Gasteiger partial charge in [-0.2, -0.15) is 0 Å². The molecule has 5 nitrogen and oxygen atoms in total. The van der Waals surface area contributed by atoms with Crippen molar-refractivity contribution in [1.82, 2.24) is 5.32 Å². The number of aliphatic carboxylic acids is 1. The number of aliphatic hydroxyl groups is 1. The fraction of sp³-hybridized carbons (Fsp3) is 0.467. The van der Waals surface area contributed by atoms with Gasteiger partial charge in [-0.3, -0.25) is 4.79 Å². The molecule has 0 spiro atoms. The monoisotopic (exact) mass is 277 g/mol. The maximum Gasteiger partial charge on any atom is 0.332 e. The Morgan fingerprint density at radius 3 is 2.40 bits per heavy atom. The summed E-state index contributed by atoms with van der Waals surface area (Å²) in [7, 11) is 0. The second kappa shape index (κ2) is 6.05. The third kappa shape index (κ3) is 2.82. The van der Waals surface area contributed by atoms with Gasteiger partial charge in [0.05, 0.1) is 5.41 Å². The van der Waals surface area contributed by atoms with Gasteiger partial charge < -0.3 is 15.5 Å². The molecule has 0 bridgehead atoms. The summed E-state index contributed by atoms with van der Waals surface area (Å²) in [6.45, 7) is 0.168. The molecule has 1 aromatic rings. The zero-order valence-electron chi connectivity index (χ0n) is 11.2. The van der Waals surface area contributed by atoms with E-state index in [1.807, 2.05) is 30.3 Å². The molecule has 0 aromatic heterocycles. The number of amides is 1. The molecule has 1 atom stereocenters. The summed E-state index contributed by atoms with van der Waals surface area (Å²) in [5, 5.41) is 20.5. The van der Waals surface area contributed by atoms with Crippen LogP contribution >= 0.6 is 0 Å². The van der Waals surface area contributed by atoms with Crippen LogP contribution < -0.4 is 5.32 Å². The third-order valence-corrected chi connectivity index (χ3v) is 3.96. The van der Waals surface area contributed by atoms with Crippen molar-refractivity contribution in [2.24, 2.45) is 0 Å². The first-order chi connectivity index (χ1) is 9.56. The lowest BCUT2D eigenvalue weighted by Gasteiger charge is -2.40. The van der Waals surface area contributed by atoms with Crippen LogP contribution in [0.5, 0.6) is 0 Å². The molecule has 0 radical (unpaired) electrons. The predicted molar refractivity (Wildman–Crippen MR) is 73.2 cm³/mol. The van der Waals surface area contributed by atoms with Crippen LogP contribution in [0.3, 0.4) is 0 Å². The van der Waals surface area contributed by atoms with Crippen molar-refractivity contribution in [2.75, 3.05) is 6.54 Å². The molecule has 1 amide bonds. The molecule has 1 aliphatic rings. The van der Waals surface area contributed by atoms with E-state index in [1.165, 1.54) is 0 Å². The molecule has 1 aliphatic carbocycles.